The highest BCUT2D eigenvalue weighted by Gasteiger charge is 2.13. The van der Waals surface area contributed by atoms with Crippen LogP contribution in [0.4, 0.5) is 0 Å². The summed E-state index contributed by atoms with van der Waals surface area (Å²) in [6, 6.07) is 22.3. The van der Waals surface area contributed by atoms with E-state index in [0.717, 1.165) is 21.4 Å². The molecule has 3 aromatic rings. The minimum atomic E-state index is 0.937. The lowest BCUT2D eigenvalue weighted by Crippen LogP contribution is -2.35. The van der Waals surface area contributed by atoms with Crippen LogP contribution in [0.15, 0.2) is 77.4 Å². The third-order valence-electron chi connectivity index (χ3n) is 2.86. The van der Waals surface area contributed by atoms with Crippen molar-refractivity contribution in [2.75, 3.05) is 0 Å². The molecular weight excluding hydrogens is 300 g/mol. The topological polar surface area (TPSA) is 16.8 Å². The highest BCUT2D eigenvalue weighted by molar-refractivity contribution is 9.10. The number of nitrogens with zero attached hydrogens (tertiary/aromatic N) is 2. The Morgan fingerprint density at radius 1 is 0.789 bits per heavy atom. The first-order valence-electron chi connectivity index (χ1n) is 6.04. The monoisotopic (exact) mass is 311 g/mol. The summed E-state index contributed by atoms with van der Waals surface area (Å²) in [4.78, 5) is 0. The largest absolute Gasteiger partial charge is 0.238 e. The highest BCUT2D eigenvalue weighted by Crippen LogP contribution is 2.24. The Bertz CT molecular complexity index is 682. The van der Waals surface area contributed by atoms with Gasteiger partial charge in [0.1, 0.15) is 0 Å². The summed E-state index contributed by atoms with van der Waals surface area (Å²) < 4.78 is 2.87. The first kappa shape index (κ1) is 12.1. The molecule has 0 saturated carbocycles. The van der Waals surface area contributed by atoms with Crippen molar-refractivity contribution in [2.24, 2.45) is 0 Å². The molecule has 0 saturated heterocycles. The normalized spacial score (nSPS) is 10.4. The Morgan fingerprint density at radius 3 is 2.11 bits per heavy atom. The van der Waals surface area contributed by atoms with Crippen molar-refractivity contribution in [1.82, 2.24) is 5.10 Å². The van der Waals surface area contributed by atoms with Gasteiger partial charge in [0.15, 0.2) is 5.69 Å². The van der Waals surface area contributed by atoms with E-state index in [9.17, 15) is 0 Å². The van der Waals surface area contributed by atoms with Gasteiger partial charge in [0, 0.05) is 28.9 Å². The van der Waals surface area contributed by atoms with E-state index in [4.69, 9.17) is 0 Å². The molecule has 19 heavy (non-hydrogen) atoms. The Kier molecular flexibility index (Phi) is 3.38. The van der Waals surface area contributed by atoms with E-state index in [1.807, 2.05) is 65.5 Å². The molecule has 2 nitrogen and oxygen atoms in total. The zero-order valence-corrected chi connectivity index (χ0v) is 11.8. The lowest BCUT2D eigenvalue weighted by atomic mass is 10.1. The van der Waals surface area contributed by atoms with Gasteiger partial charge in [-0.15, -0.1) is 0 Å². The minimum Gasteiger partial charge on any atom is -0.0622 e. The van der Waals surface area contributed by atoms with E-state index < -0.39 is 0 Å². The predicted molar refractivity (Wildman–Crippen MR) is 78.9 cm³/mol. The van der Waals surface area contributed by atoms with Crippen LogP contribution in [-0.2, 0) is 0 Å². The third-order valence-corrected chi connectivity index (χ3v) is 3.50. The molecule has 1 aromatic heterocycles. The molecule has 1 heterocycles. The van der Waals surface area contributed by atoms with Crippen LogP contribution in [0.1, 0.15) is 0 Å². The van der Waals surface area contributed by atoms with Crippen molar-refractivity contribution in [1.29, 1.82) is 0 Å². The van der Waals surface area contributed by atoms with Crippen molar-refractivity contribution in [3.05, 3.63) is 77.4 Å². The van der Waals surface area contributed by atoms with E-state index in [1.165, 1.54) is 0 Å². The molecule has 3 rings (SSSR count). The minimum absolute atomic E-state index is 0.937. The van der Waals surface area contributed by atoms with Crippen LogP contribution >= 0.6 is 15.9 Å². The maximum Gasteiger partial charge on any atom is 0.238 e. The van der Waals surface area contributed by atoms with Crippen LogP contribution in [-0.4, -0.2) is 5.10 Å². The Labute approximate surface area is 120 Å². The van der Waals surface area contributed by atoms with Crippen LogP contribution < -0.4 is 4.68 Å². The quantitative estimate of drug-likeness (QED) is 0.658. The average Bonchev–Trinajstić information content (AvgIpc) is 2.49. The van der Waals surface area contributed by atoms with Crippen molar-refractivity contribution in [3.8, 4) is 16.9 Å². The van der Waals surface area contributed by atoms with Gasteiger partial charge >= 0.3 is 0 Å². The summed E-state index contributed by atoms with van der Waals surface area (Å²) in [6.45, 7) is 0. The first-order valence-corrected chi connectivity index (χ1v) is 6.83. The van der Waals surface area contributed by atoms with Gasteiger partial charge in [-0.1, -0.05) is 53.2 Å². The number of benzene rings is 2. The second kappa shape index (κ2) is 5.33. The summed E-state index contributed by atoms with van der Waals surface area (Å²) in [6.07, 6.45) is 1.95. The molecule has 0 aliphatic carbocycles. The number of hydrogen-bond acceptors (Lipinski definition) is 1. The van der Waals surface area contributed by atoms with E-state index in [2.05, 4.69) is 33.2 Å². The molecule has 92 valence electrons. The molecule has 0 radical (unpaired) electrons. The fraction of sp³-hybridized carbons (Fsp3) is 0. The molecule has 2 aromatic carbocycles. The van der Waals surface area contributed by atoms with Crippen LogP contribution in [0.2, 0.25) is 0 Å². The first-order chi connectivity index (χ1) is 9.34. The highest BCUT2D eigenvalue weighted by atomic mass is 79.9. The van der Waals surface area contributed by atoms with Gasteiger partial charge in [-0.3, -0.25) is 0 Å². The average molecular weight is 312 g/mol. The van der Waals surface area contributed by atoms with Crippen molar-refractivity contribution < 1.29 is 4.68 Å². The second-order valence-corrected chi connectivity index (χ2v) is 5.01. The molecule has 0 bridgehead atoms. The van der Waals surface area contributed by atoms with Crippen LogP contribution in [0.25, 0.3) is 16.9 Å². The Morgan fingerprint density at radius 2 is 1.42 bits per heavy atom. The number of rotatable bonds is 2. The van der Waals surface area contributed by atoms with Gasteiger partial charge in [-0.05, 0) is 15.9 Å². The molecule has 0 amide bonds. The summed E-state index contributed by atoms with van der Waals surface area (Å²) in [5.74, 6) is 0. The molecule has 0 aliphatic rings. The summed E-state index contributed by atoms with van der Waals surface area (Å²) in [5, 5.41) is 4.68. The van der Waals surface area contributed by atoms with Crippen LogP contribution in [0, 0.1) is 0 Å². The molecule has 0 spiro atoms. The molecule has 0 unspecified atom stereocenters. The van der Waals surface area contributed by atoms with Gasteiger partial charge in [0.25, 0.3) is 0 Å². The fourth-order valence-electron chi connectivity index (χ4n) is 1.92. The molecule has 3 heteroatoms. The number of hydrogen-bond donors (Lipinski definition) is 0. The summed E-state index contributed by atoms with van der Waals surface area (Å²) >= 11 is 3.56. The van der Waals surface area contributed by atoms with E-state index >= 15 is 0 Å². The van der Waals surface area contributed by atoms with Crippen LogP contribution in [0.3, 0.4) is 0 Å². The smallest absolute Gasteiger partial charge is 0.0622 e. The maximum atomic E-state index is 4.68. The van der Waals surface area contributed by atoms with Crippen molar-refractivity contribution >= 4 is 15.9 Å². The Balaban J connectivity index is 2.12. The van der Waals surface area contributed by atoms with Gasteiger partial charge in [0.2, 0.25) is 11.9 Å². The van der Waals surface area contributed by atoms with E-state index in [0.29, 0.717) is 0 Å². The molecular formula is C16H12BrN2+. The SMILES string of the molecule is Brc1cc[n+](-c2ccccc2)nc1-c1ccccc1. The summed E-state index contributed by atoms with van der Waals surface area (Å²) in [5.41, 5.74) is 3.08. The third kappa shape index (κ3) is 2.56. The van der Waals surface area contributed by atoms with Crippen molar-refractivity contribution in [2.45, 2.75) is 0 Å². The number of halogens is 1. The lowest BCUT2D eigenvalue weighted by Gasteiger charge is -2.01. The standard InChI is InChI=1S/C16H12BrN2/c17-15-11-12-19(14-9-5-2-6-10-14)18-16(15)13-7-3-1-4-8-13/h1-12H/q+1. The number of aromatic nitrogens is 2. The molecule has 0 fully saturated rings. The van der Waals surface area contributed by atoms with Gasteiger partial charge in [0.05, 0.1) is 4.47 Å². The predicted octanol–water partition coefficient (Wildman–Crippen LogP) is 3.79. The number of para-hydroxylation sites is 1. The van der Waals surface area contributed by atoms with Crippen LogP contribution in [0.5, 0.6) is 0 Å². The summed E-state index contributed by atoms with van der Waals surface area (Å²) in [7, 11) is 0. The lowest BCUT2D eigenvalue weighted by molar-refractivity contribution is -0.659. The van der Waals surface area contributed by atoms with Gasteiger partial charge < -0.3 is 0 Å². The van der Waals surface area contributed by atoms with Gasteiger partial charge in [-0.25, -0.2) is 0 Å². The second-order valence-electron chi connectivity index (χ2n) is 4.16. The Hall–Kier alpha value is -2.00. The maximum absolute atomic E-state index is 4.68. The van der Waals surface area contributed by atoms with E-state index in [1.54, 1.807) is 0 Å². The molecule has 0 aliphatic heterocycles. The fourth-order valence-corrected chi connectivity index (χ4v) is 2.35. The molecule has 0 atom stereocenters. The zero-order valence-electron chi connectivity index (χ0n) is 10.2. The van der Waals surface area contributed by atoms with E-state index in [-0.39, 0.29) is 0 Å². The van der Waals surface area contributed by atoms with Crippen molar-refractivity contribution in [3.63, 3.8) is 0 Å². The zero-order chi connectivity index (χ0) is 13.1. The molecule has 0 N–H and O–H groups in total. The van der Waals surface area contributed by atoms with Gasteiger partial charge in [-0.2, -0.15) is 0 Å².